The summed E-state index contributed by atoms with van der Waals surface area (Å²) in [6, 6.07) is 3.57. The lowest BCUT2D eigenvalue weighted by atomic mass is 9.92. The maximum Gasteiger partial charge on any atom is 0.216 e. The van der Waals surface area contributed by atoms with Gasteiger partial charge in [-0.3, -0.25) is 14.9 Å². The molecule has 0 aromatic carbocycles. The number of Topliss-reactive ketones (excluding diaryl/α,β-unsaturated/α-hetero) is 1. The van der Waals surface area contributed by atoms with Crippen molar-refractivity contribution in [3.05, 3.63) is 34.0 Å². The van der Waals surface area contributed by atoms with Crippen molar-refractivity contribution in [2.24, 2.45) is 0 Å². The van der Waals surface area contributed by atoms with Crippen LogP contribution in [0.1, 0.15) is 57.9 Å². The molecule has 1 rings (SSSR count). The third-order valence-electron chi connectivity index (χ3n) is 3.91. The van der Waals surface area contributed by atoms with Gasteiger partial charge in [-0.25, -0.2) is 4.98 Å². The van der Waals surface area contributed by atoms with Gasteiger partial charge in [0.1, 0.15) is 5.78 Å². The molecule has 0 aliphatic rings. The molecule has 6 nitrogen and oxygen atoms in total. The fourth-order valence-corrected chi connectivity index (χ4v) is 2.12. The van der Waals surface area contributed by atoms with E-state index in [-0.39, 0.29) is 16.6 Å². The molecule has 0 saturated carbocycles. The molecule has 122 valence electrons. The van der Waals surface area contributed by atoms with E-state index in [4.69, 9.17) is 4.74 Å². The lowest BCUT2D eigenvalue weighted by Gasteiger charge is -2.15. The molecule has 22 heavy (non-hydrogen) atoms. The summed E-state index contributed by atoms with van der Waals surface area (Å²) >= 11 is 0. The average Bonchev–Trinajstić information content (AvgIpc) is 2.50. The van der Waals surface area contributed by atoms with Gasteiger partial charge < -0.3 is 4.74 Å². The van der Waals surface area contributed by atoms with Crippen LogP contribution in [0.4, 0.5) is 0 Å². The Bertz CT molecular complexity index is 511. The highest BCUT2D eigenvalue weighted by molar-refractivity contribution is 5.85. The summed E-state index contributed by atoms with van der Waals surface area (Å²) in [6.45, 7) is 5.08. The molecule has 0 radical (unpaired) electrons. The van der Waals surface area contributed by atoms with Crippen molar-refractivity contribution in [3.8, 4) is 5.88 Å². The van der Waals surface area contributed by atoms with Crippen molar-refractivity contribution in [2.45, 2.75) is 57.9 Å². The lowest BCUT2D eigenvalue weighted by molar-refractivity contribution is -0.561. The number of unbranched alkanes of at least 4 members (excludes halogenated alkanes) is 1. The largest absolute Gasteiger partial charge is 0.481 e. The Hall–Kier alpha value is -1.98. The van der Waals surface area contributed by atoms with Crippen LogP contribution in [-0.4, -0.2) is 28.3 Å². The second-order valence-corrected chi connectivity index (χ2v) is 6.10. The molecule has 0 N–H and O–H groups in total. The van der Waals surface area contributed by atoms with Crippen LogP contribution in [-0.2, 0) is 4.79 Å². The molecule has 0 amide bonds. The monoisotopic (exact) mass is 308 g/mol. The highest BCUT2D eigenvalue weighted by Gasteiger charge is 2.29. The van der Waals surface area contributed by atoms with Gasteiger partial charge in [0.2, 0.25) is 11.4 Å². The van der Waals surface area contributed by atoms with E-state index < -0.39 is 5.54 Å². The highest BCUT2D eigenvalue weighted by atomic mass is 16.6. The molecule has 0 aliphatic heterocycles. The van der Waals surface area contributed by atoms with Crippen molar-refractivity contribution >= 4 is 5.78 Å². The van der Waals surface area contributed by atoms with E-state index in [0.29, 0.717) is 31.6 Å². The van der Waals surface area contributed by atoms with Gasteiger partial charge in [-0.1, -0.05) is 13.0 Å². The third-order valence-corrected chi connectivity index (χ3v) is 3.91. The van der Waals surface area contributed by atoms with Crippen molar-refractivity contribution in [1.82, 2.24) is 4.98 Å². The van der Waals surface area contributed by atoms with Crippen LogP contribution in [0.15, 0.2) is 18.3 Å². The zero-order valence-corrected chi connectivity index (χ0v) is 13.7. The third kappa shape index (κ3) is 5.09. The second-order valence-electron chi connectivity index (χ2n) is 6.10. The predicted molar refractivity (Wildman–Crippen MR) is 83.8 cm³/mol. The van der Waals surface area contributed by atoms with Crippen LogP contribution >= 0.6 is 0 Å². The zero-order chi connectivity index (χ0) is 16.8. The van der Waals surface area contributed by atoms with E-state index in [0.717, 1.165) is 5.56 Å². The topological polar surface area (TPSA) is 82.3 Å². The summed E-state index contributed by atoms with van der Waals surface area (Å²) in [4.78, 5) is 26.8. The van der Waals surface area contributed by atoms with Crippen LogP contribution in [0.5, 0.6) is 5.88 Å². The summed E-state index contributed by atoms with van der Waals surface area (Å²) in [5.41, 5.74) is -0.0643. The number of nitrogens with zero attached hydrogens (tertiary/aromatic N) is 2. The number of carbonyl (C=O) groups is 1. The minimum absolute atomic E-state index is 0.130. The molecule has 1 aromatic rings. The minimum Gasteiger partial charge on any atom is -0.481 e. The summed E-state index contributed by atoms with van der Waals surface area (Å²) < 4.78 is 4.99. The summed E-state index contributed by atoms with van der Waals surface area (Å²) in [5, 5.41) is 10.8. The van der Waals surface area contributed by atoms with Crippen LogP contribution in [0.3, 0.4) is 0 Å². The molecule has 1 heterocycles. The molecule has 0 unspecified atom stereocenters. The standard InChI is InChI=1S/C16H24N2O4/c1-12(13-8-9-15(22-4)17-11-13)14(19)7-5-6-10-16(2,3)18(20)21/h8-9,11-12H,5-7,10H2,1-4H3/t12-/m0/s1. The maximum atomic E-state index is 12.2. The van der Waals surface area contributed by atoms with Gasteiger partial charge in [0.05, 0.1) is 7.11 Å². The molecular weight excluding hydrogens is 284 g/mol. The predicted octanol–water partition coefficient (Wildman–Crippen LogP) is 3.38. The fourth-order valence-electron chi connectivity index (χ4n) is 2.12. The van der Waals surface area contributed by atoms with Gasteiger partial charge in [0, 0.05) is 49.8 Å². The summed E-state index contributed by atoms with van der Waals surface area (Å²) in [6.07, 6.45) is 3.90. The number of rotatable bonds is 9. The zero-order valence-electron chi connectivity index (χ0n) is 13.7. The molecule has 1 aromatic heterocycles. The Morgan fingerprint density at radius 1 is 1.41 bits per heavy atom. The van der Waals surface area contributed by atoms with E-state index >= 15 is 0 Å². The average molecular weight is 308 g/mol. The molecular formula is C16H24N2O4. The number of nitro groups is 1. The Morgan fingerprint density at radius 3 is 2.59 bits per heavy atom. The van der Waals surface area contributed by atoms with Gasteiger partial charge in [0.15, 0.2) is 0 Å². The molecule has 0 bridgehead atoms. The molecule has 6 heteroatoms. The number of ketones is 1. The van der Waals surface area contributed by atoms with Crippen molar-refractivity contribution in [2.75, 3.05) is 7.11 Å². The Balaban J connectivity index is 2.43. The van der Waals surface area contributed by atoms with Crippen LogP contribution in [0, 0.1) is 10.1 Å². The second kappa shape index (κ2) is 7.87. The number of methoxy groups -OCH3 is 1. The minimum atomic E-state index is -0.922. The highest BCUT2D eigenvalue weighted by Crippen LogP contribution is 2.22. The Labute approximate surface area is 131 Å². The number of hydrogen-bond acceptors (Lipinski definition) is 5. The van der Waals surface area contributed by atoms with Crippen LogP contribution in [0.25, 0.3) is 0 Å². The molecule has 0 fully saturated rings. The molecule has 0 saturated heterocycles. The molecule has 0 aliphatic carbocycles. The van der Waals surface area contributed by atoms with Gasteiger partial charge >= 0.3 is 0 Å². The van der Waals surface area contributed by atoms with E-state index in [1.165, 1.54) is 0 Å². The van der Waals surface area contributed by atoms with Gasteiger partial charge in [0.25, 0.3) is 0 Å². The Kier molecular flexibility index (Phi) is 6.46. The van der Waals surface area contributed by atoms with Crippen LogP contribution in [0.2, 0.25) is 0 Å². The van der Waals surface area contributed by atoms with Crippen molar-refractivity contribution in [3.63, 3.8) is 0 Å². The molecule has 1 atom stereocenters. The molecule has 0 spiro atoms. The number of hydrogen-bond donors (Lipinski definition) is 0. The van der Waals surface area contributed by atoms with E-state index in [1.54, 1.807) is 33.2 Å². The fraction of sp³-hybridized carbons (Fsp3) is 0.625. The van der Waals surface area contributed by atoms with E-state index in [9.17, 15) is 14.9 Å². The number of aromatic nitrogens is 1. The number of ether oxygens (including phenoxy) is 1. The summed E-state index contributed by atoms with van der Waals surface area (Å²) in [7, 11) is 1.54. The quantitative estimate of drug-likeness (QED) is 0.397. The van der Waals surface area contributed by atoms with Gasteiger partial charge in [-0.15, -0.1) is 0 Å². The first-order valence-electron chi connectivity index (χ1n) is 7.45. The Morgan fingerprint density at radius 2 is 2.09 bits per heavy atom. The van der Waals surface area contributed by atoms with Gasteiger partial charge in [-0.05, 0) is 18.4 Å². The van der Waals surface area contributed by atoms with Crippen molar-refractivity contribution in [1.29, 1.82) is 0 Å². The maximum absolute atomic E-state index is 12.2. The van der Waals surface area contributed by atoms with Gasteiger partial charge in [-0.2, -0.15) is 0 Å². The number of carbonyl (C=O) groups excluding carboxylic acids is 1. The smallest absolute Gasteiger partial charge is 0.216 e. The van der Waals surface area contributed by atoms with E-state index in [1.807, 2.05) is 13.0 Å². The first-order valence-corrected chi connectivity index (χ1v) is 7.45. The lowest BCUT2D eigenvalue weighted by Crippen LogP contribution is -2.30. The number of pyridine rings is 1. The van der Waals surface area contributed by atoms with Crippen LogP contribution < -0.4 is 4.74 Å². The first kappa shape index (κ1) is 18.1. The summed E-state index contributed by atoms with van der Waals surface area (Å²) in [5.74, 6) is 0.429. The SMILES string of the molecule is COc1ccc([C@H](C)C(=O)CCCCC(C)(C)[N+](=O)[O-])cn1. The van der Waals surface area contributed by atoms with Crippen molar-refractivity contribution < 1.29 is 14.5 Å². The van der Waals surface area contributed by atoms with E-state index in [2.05, 4.69) is 4.98 Å². The first-order chi connectivity index (χ1) is 10.3. The normalized spacial score (nSPS) is 12.7.